The third-order valence-electron chi connectivity index (χ3n) is 2.54. The minimum absolute atomic E-state index is 0. The highest BCUT2D eigenvalue weighted by Gasteiger charge is 2.14. The number of halogens is 1. The van der Waals surface area contributed by atoms with E-state index in [1.807, 2.05) is 0 Å². The van der Waals surface area contributed by atoms with Crippen molar-refractivity contribution >= 4 is 12.4 Å². The topological polar surface area (TPSA) is 12.0 Å². The molecule has 2 heteroatoms. The molecule has 0 aliphatic carbocycles. The number of hydrogen-bond donors (Lipinski definition) is 1. The highest BCUT2D eigenvalue weighted by Crippen LogP contribution is 2.22. The molecular formula is C11H16ClN. The number of benzene rings is 1. The van der Waals surface area contributed by atoms with Crippen LogP contribution in [0.4, 0.5) is 0 Å². The van der Waals surface area contributed by atoms with Crippen molar-refractivity contribution in [3.63, 3.8) is 0 Å². The Morgan fingerprint density at radius 1 is 1.23 bits per heavy atom. The van der Waals surface area contributed by atoms with Crippen molar-refractivity contribution in [2.75, 3.05) is 6.54 Å². The molecule has 1 aliphatic heterocycles. The third-order valence-corrected chi connectivity index (χ3v) is 2.54. The normalized spacial score (nSPS) is 21.2. The summed E-state index contributed by atoms with van der Waals surface area (Å²) < 4.78 is 0. The van der Waals surface area contributed by atoms with Crippen LogP contribution in [0.25, 0.3) is 0 Å². The second-order valence-corrected chi connectivity index (χ2v) is 3.56. The lowest BCUT2D eigenvalue weighted by Gasteiger charge is -2.09. The SMILES string of the molecule is Cc1ccc([C@H]2CCCN2)cc1.Cl. The molecule has 1 aromatic rings. The first-order valence-electron chi connectivity index (χ1n) is 4.66. The first-order valence-corrected chi connectivity index (χ1v) is 4.66. The molecule has 0 saturated carbocycles. The zero-order chi connectivity index (χ0) is 8.39. The minimum atomic E-state index is 0. The highest BCUT2D eigenvalue weighted by molar-refractivity contribution is 5.85. The van der Waals surface area contributed by atoms with Crippen molar-refractivity contribution < 1.29 is 0 Å². The van der Waals surface area contributed by atoms with Crippen LogP contribution in [0.1, 0.15) is 30.0 Å². The molecule has 0 aromatic heterocycles. The van der Waals surface area contributed by atoms with Gasteiger partial charge in [-0.3, -0.25) is 0 Å². The van der Waals surface area contributed by atoms with Crippen LogP contribution in [0, 0.1) is 6.92 Å². The van der Waals surface area contributed by atoms with Crippen LogP contribution in [0.15, 0.2) is 24.3 Å². The van der Waals surface area contributed by atoms with Gasteiger partial charge in [-0.25, -0.2) is 0 Å². The highest BCUT2D eigenvalue weighted by atomic mass is 35.5. The summed E-state index contributed by atoms with van der Waals surface area (Å²) in [6.45, 7) is 3.31. The monoisotopic (exact) mass is 197 g/mol. The van der Waals surface area contributed by atoms with Crippen LogP contribution in [0.3, 0.4) is 0 Å². The van der Waals surface area contributed by atoms with Gasteiger partial charge in [-0.05, 0) is 31.9 Å². The third kappa shape index (κ3) is 2.45. The first kappa shape index (κ1) is 10.6. The number of aryl methyl sites for hydroxylation is 1. The summed E-state index contributed by atoms with van der Waals surface area (Å²) in [5.41, 5.74) is 2.79. The molecule has 1 atom stereocenters. The van der Waals surface area contributed by atoms with Crippen molar-refractivity contribution in [1.82, 2.24) is 5.32 Å². The summed E-state index contributed by atoms with van der Waals surface area (Å²) in [4.78, 5) is 0. The van der Waals surface area contributed by atoms with Gasteiger partial charge in [0.2, 0.25) is 0 Å². The average Bonchev–Trinajstić information content (AvgIpc) is 2.58. The van der Waals surface area contributed by atoms with Crippen LogP contribution in [0.5, 0.6) is 0 Å². The number of nitrogens with one attached hydrogen (secondary N) is 1. The van der Waals surface area contributed by atoms with Gasteiger partial charge in [0.15, 0.2) is 0 Å². The lowest BCUT2D eigenvalue weighted by atomic mass is 10.0. The molecule has 1 heterocycles. The second-order valence-electron chi connectivity index (χ2n) is 3.56. The Labute approximate surface area is 86.0 Å². The fraction of sp³-hybridized carbons (Fsp3) is 0.455. The summed E-state index contributed by atoms with van der Waals surface area (Å²) in [6.07, 6.45) is 2.61. The van der Waals surface area contributed by atoms with E-state index in [1.54, 1.807) is 0 Å². The molecule has 0 unspecified atom stereocenters. The van der Waals surface area contributed by atoms with Crippen LogP contribution in [0.2, 0.25) is 0 Å². The molecule has 0 spiro atoms. The Morgan fingerprint density at radius 2 is 1.92 bits per heavy atom. The van der Waals surface area contributed by atoms with Crippen molar-refractivity contribution in [1.29, 1.82) is 0 Å². The zero-order valence-corrected chi connectivity index (χ0v) is 8.73. The molecule has 13 heavy (non-hydrogen) atoms. The van der Waals surface area contributed by atoms with E-state index in [0.29, 0.717) is 6.04 Å². The molecule has 1 saturated heterocycles. The molecule has 72 valence electrons. The van der Waals surface area contributed by atoms with E-state index in [2.05, 4.69) is 36.5 Å². The Bertz CT molecular complexity index is 249. The molecule has 1 nitrogen and oxygen atoms in total. The molecule has 1 fully saturated rings. The fourth-order valence-electron chi connectivity index (χ4n) is 1.77. The van der Waals surface area contributed by atoms with Crippen LogP contribution in [-0.4, -0.2) is 6.54 Å². The van der Waals surface area contributed by atoms with Crippen molar-refractivity contribution in [2.45, 2.75) is 25.8 Å². The van der Waals surface area contributed by atoms with Crippen molar-refractivity contribution in [3.8, 4) is 0 Å². The van der Waals surface area contributed by atoms with E-state index >= 15 is 0 Å². The zero-order valence-electron chi connectivity index (χ0n) is 7.92. The molecule has 1 aliphatic rings. The van der Waals surface area contributed by atoms with Gasteiger partial charge in [0.1, 0.15) is 0 Å². The molecule has 1 N–H and O–H groups in total. The van der Waals surface area contributed by atoms with Gasteiger partial charge in [0, 0.05) is 6.04 Å². The van der Waals surface area contributed by atoms with E-state index in [-0.39, 0.29) is 12.4 Å². The van der Waals surface area contributed by atoms with Gasteiger partial charge < -0.3 is 5.32 Å². The maximum Gasteiger partial charge on any atom is 0.0320 e. The van der Waals surface area contributed by atoms with Crippen LogP contribution < -0.4 is 5.32 Å². The van der Waals surface area contributed by atoms with E-state index < -0.39 is 0 Å². The number of rotatable bonds is 1. The quantitative estimate of drug-likeness (QED) is 0.730. The summed E-state index contributed by atoms with van der Waals surface area (Å²) in [5.74, 6) is 0. The molecular weight excluding hydrogens is 182 g/mol. The summed E-state index contributed by atoms with van der Waals surface area (Å²) in [5, 5.41) is 3.49. The summed E-state index contributed by atoms with van der Waals surface area (Å²) in [6, 6.07) is 9.46. The van der Waals surface area contributed by atoms with E-state index in [4.69, 9.17) is 0 Å². The maximum absolute atomic E-state index is 3.49. The van der Waals surface area contributed by atoms with Gasteiger partial charge >= 0.3 is 0 Å². The Morgan fingerprint density at radius 3 is 2.46 bits per heavy atom. The molecule has 1 aromatic carbocycles. The predicted molar refractivity (Wildman–Crippen MR) is 58.4 cm³/mol. The average molecular weight is 198 g/mol. The largest absolute Gasteiger partial charge is 0.310 e. The van der Waals surface area contributed by atoms with Crippen LogP contribution >= 0.6 is 12.4 Å². The van der Waals surface area contributed by atoms with E-state index in [9.17, 15) is 0 Å². The lowest BCUT2D eigenvalue weighted by Crippen LogP contribution is -2.12. The van der Waals surface area contributed by atoms with Gasteiger partial charge in [0.25, 0.3) is 0 Å². The first-order chi connectivity index (χ1) is 5.86. The van der Waals surface area contributed by atoms with Gasteiger partial charge in [0.05, 0.1) is 0 Å². The Balaban J connectivity index is 0.000000845. The van der Waals surface area contributed by atoms with Gasteiger partial charge in [-0.2, -0.15) is 0 Å². The smallest absolute Gasteiger partial charge is 0.0320 e. The second kappa shape index (κ2) is 4.64. The Hall–Kier alpha value is -0.530. The summed E-state index contributed by atoms with van der Waals surface area (Å²) in [7, 11) is 0. The van der Waals surface area contributed by atoms with Gasteiger partial charge in [-0.1, -0.05) is 29.8 Å². The Kier molecular flexibility index (Phi) is 3.76. The van der Waals surface area contributed by atoms with E-state index in [0.717, 1.165) is 0 Å². The van der Waals surface area contributed by atoms with Gasteiger partial charge in [-0.15, -0.1) is 12.4 Å². The van der Waals surface area contributed by atoms with Crippen molar-refractivity contribution in [3.05, 3.63) is 35.4 Å². The molecule has 0 radical (unpaired) electrons. The standard InChI is InChI=1S/C11H15N.ClH/c1-9-4-6-10(7-5-9)11-3-2-8-12-11;/h4-7,11-12H,2-3,8H2,1H3;1H/t11-;/m1./s1. The predicted octanol–water partition coefficient (Wildman–Crippen LogP) is 2.84. The number of hydrogen-bond acceptors (Lipinski definition) is 1. The minimum Gasteiger partial charge on any atom is -0.310 e. The summed E-state index contributed by atoms with van der Waals surface area (Å²) >= 11 is 0. The molecule has 2 rings (SSSR count). The fourth-order valence-corrected chi connectivity index (χ4v) is 1.77. The van der Waals surface area contributed by atoms with Crippen LogP contribution in [-0.2, 0) is 0 Å². The maximum atomic E-state index is 3.49. The van der Waals surface area contributed by atoms with E-state index in [1.165, 1.54) is 30.5 Å². The molecule has 0 amide bonds. The lowest BCUT2D eigenvalue weighted by molar-refractivity contribution is 0.647. The molecule has 0 bridgehead atoms. The van der Waals surface area contributed by atoms with Crippen molar-refractivity contribution in [2.24, 2.45) is 0 Å².